The largest absolute Gasteiger partial charge is 0.409 e. The molecule has 1 unspecified atom stereocenters. The Kier molecular flexibility index (Phi) is 6.03. The van der Waals surface area contributed by atoms with Crippen LogP contribution < -0.4 is 9.88 Å². The summed E-state index contributed by atoms with van der Waals surface area (Å²) < 4.78 is 4.30. The fourth-order valence-electron chi connectivity index (χ4n) is 3.85. The predicted octanol–water partition coefficient (Wildman–Crippen LogP) is 6.19. The van der Waals surface area contributed by atoms with Gasteiger partial charge in [0.25, 0.3) is 0 Å². The molecule has 1 aromatic heterocycles. The molecule has 0 aliphatic rings. The van der Waals surface area contributed by atoms with Crippen molar-refractivity contribution in [2.75, 3.05) is 33.0 Å². The molecule has 1 heterocycles. The van der Waals surface area contributed by atoms with Crippen molar-refractivity contribution >= 4 is 48.8 Å². The van der Waals surface area contributed by atoms with Crippen LogP contribution in [-0.4, -0.2) is 38.2 Å². The van der Waals surface area contributed by atoms with Gasteiger partial charge in [-0.3, -0.25) is 0 Å². The van der Waals surface area contributed by atoms with Crippen molar-refractivity contribution in [1.82, 2.24) is 0 Å². The zero-order valence-electron chi connectivity index (χ0n) is 19.0. The number of fused-ring (bicyclic) bond motifs is 3. The van der Waals surface area contributed by atoms with E-state index in [2.05, 4.69) is 96.7 Å². The summed E-state index contributed by atoms with van der Waals surface area (Å²) in [5, 5.41) is 16.1. The number of azo groups is 1. The van der Waals surface area contributed by atoms with Crippen molar-refractivity contribution in [3.63, 3.8) is 0 Å². The molecule has 160 valence electrons. The van der Waals surface area contributed by atoms with Crippen molar-refractivity contribution in [3.8, 4) is 0 Å². The highest BCUT2D eigenvalue weighted by Gasteiger charge is 2.18. The van der Waals surface area contributed by atoms with Crippen molar-refractivity contribution in [1.29, 1.82) is 0 Å². The molecule has 0 saturated heterocycles. The average Bonchev–Trinajstić information content (AvgIpc) is 3.08. The van der Waals surface area contributed by atoms with E-state index < -0.39 is 0 Å². The van der Waals surface area contributed by atoms with Gasteiger partial charge in [0, 0.05) is 11.1 Å². The highest BCUT2D eigenvalue weighted by molar-refractivity contribution is 7.22. The molecular weight excluding hydrogens is 402 g/mol. The number of thiazole rings is 1. The Morgan fingerprint density at radius 3 is 2.42 bits per heavy atom. The molecule has 1 atom stereocenters. The maximum atomic E-state index is 4.56. The Balaban J connectivity index is 1.53. The van der Waals surface area contributed by atoms with Gasteiger partial charge in [-0.2, -0.15) is 0 Å². The van der Waals surface area contributed by atoms with Gasteiger partial charge in [-0.25, -0.2) is 4.57 Å². The fourth-order valence-corrected chi connectivity index (χ4v) is 4.96. The minimum atomic E-state index is 0.444. The lowest BCUT2D eigenvalue weighted by Gasteiger charge is -2.29. The summed E-state index contributed by atoms with van der Waals surface area (Å²) >= 11 is 1.68. The van der Waals surface area contributed by atoms with Gasteiger partial charge in [0.1, 0.15) is 11.2 Å². The van der Waals surface area contributed by atoms with Gasteiger partial charge in [-0.05, 0) is 58.6 Å². The number of nitrogens with one attached hydrogen (secondary N) is 1. The highest BCUT2D eigenvalue weighted by Crippen LogP contribution is 2.33. The monoisotopic (exact) mass is 433 g/mol. The van der Waals surface area contributed by atoms with Crippen LogP contribution >= 0.6 is 11.3 Å². The zero-order chi connectivity index (χ0) is 22.0. The van der Waals surface area contributed by atoms with E-state index in [1.165, 1.54) is 21.0 Å². The van der Waals surface area contributed by atoms with Crippen LogP contribution in [0.25, 0.3) is 21.0 Å². The Bertz CT molecular complexity index is 1220. The summed E-state index contributed by atoms with van der Waals surface area (Å²) in [6.45, 7) is 3.30. The molecule has 4 aromatic rings. The molecule has 1 N–H and O–H groups in total. The van der Waals surface area contributed by atoms with Crippen LogP contribution in [0.3, 0.4) is 0 Å². The lowest BCUT2D eigenvalue weighted by atomic mass is 10.1. The summed E-state index contributed by atoms with van der Waals surface area (Å²) in [5.74, 6) is 0. The number of nitrogens with zero attached hydrogens (tertiary/aromatic N) is 4. The predicted molar refractivity (Wildman–Crippen MR) is 132 cm³/mol. The van der Waals surface area contributed by atoms with Crippen LogP contribution in [0.5, 0.6) is 0 Å². The van der Waals surface area contributed by atoms with E-state index in [4.69, 9.17) is 0 Å². The summed E-state index contributed by atoms with van der Waals surface area (Å²) in [5.41, 5.74) is 3.16. The van der Waals surface area contributed by atoms with Crippen LogP contribution in [0.1, 0.15) is 13.3 Å². The first-order valence-corrected chi connectivity index (χ1v) is 11.5. The molecular formula is C25H31N5S+2. The number of aromatic nitrogens is 1. The van der Waals surface area contributed by atoms with E-state index in [1.54, 1.807) is 11.3 Å². The molecule has 4 rings (SSSR count). The Hall–Kier alpha value is -2.83. The smallest absolute Gasteiger partial charge is 0.377 e. The zero-order valence-corrected chi connectivity index (χ0v) is 19.8. The number of anilines is 1. The van der Waals surface area contributed by atoms with Gasteiger partial charge in [-0.15, -0.1) is 0 Å². The molecule has 31 heavy (non-hydrogen) atoms. The summed E-state index contributed by atoms with van der Waals surface area (Å²) in [6.07, 6.45) is 1.09. The first-order chi connectivity index (χ1) is 14.8. The summed E-state index contributed by atoms with van der Waals surface area (Å²) in [7, 11) is 8.73. The van der Waals surface area contributed by atoms with Gasteiger partial charge in [-0.1, -0.05) is 37.3 Å². The van der Waals surface area contributed by atoms with Crippen molar-refractivity contribution < 1.29 is 9.05 Å². The van der Waals surface area contributed by atoms with Gasteiger partial charge >= 0.3 is 5.13 Å². The van der Waals surface area contributed by atoms with Gasteiger partial charge in [0.05, 0.1) is 50.6 Å². The molecule has 0 bridgehead atoms. The first-order valence-electron chi connectivity index (χ1n) is 10.7. The molecule has 0 fully saturated rings. The maximum Gasteiger partial charge on any atom is 0.409 e. The summed E-state index contributed by atoms with van der Waals surface area (Å²) in [6, 6.07) is 21.5. The molecule has 0 radical (unpaired) electrons. The average molecular weight is 434 g/mol. The number of quaternary nitrogens is 1. The van der Waals surface area contributed by atoms with Crippen LogP contribution in [0, 0.1) is 0 Å². The lowest BCUT2D eigenvalue weighted by Crippen LogP contribution is -2.44. The van der Waals surface area contributed by atoms with E-state index in [0.717, 1.165) is 34.0 Å². The third-order valence-electron chi connectivity index (χ3n) is 5.45. The van der Waals surface area contributed by atoms with E-state index >= 15 is 0 Å². The topological polar surface area (TPSA) is 40.6 Å². The standard InChI is InChI=1S/C25H30N5S/c1-6-19(17-30(3,4)5)26-20-12-14-21(15-13-20)27-28-25-29(2)23-16-11-18-9-7-8-10-22(18)24(23)31-25/h7-16,19H,6,17H2,1-5H3/q+1/p+1. The van der Waals surface area contributed by atoms with E-state index in [1.807, 2.05) is 19.2 Å². The molecule has 6 heteroatoms. The van der Waals surface area contributed by atoms with E-state index in [9.17, 15) is 0 Å². The van der Waals surface area contributed by atoms with E-state index in [-0.39, 0.29) is 0 Å². The second-order valence-corrected chi connectivity index (χ2v) is 10.0. The molecule has 3 aromatic carbocycles. The lowest BCUT2D eigenvalue weighted by molar-refractivity contribution is -0.870. The molecule has 0 aliphatic heterocycles. The van der Waals surface area contributed by atoms with Gasteiger partial charge in [0.2, 0.25) is 0 Å². The number of aryl methyl sites for hydroxylation is 1. The second-order valence-electron chi connectivity index (χ2n) is 9.05. The van der Waals surface area contributed by atoms with Crippen LogP contribution in [0.2, 0.25) is 0 Å². The molecule has 0 amide bonds. The first kappa shape index (κ1) is 21.4. The van der Waals surface area contributed by atoms with E-state index in [0.29, 0.717) is 6.04 Å². The Labute approximate surface area is 188 Å². The summed E-state index contributed by atoms with van der Waals surface area (Å²) in [4.78, 5) is 0. The van der Waals surface area contributed by atoms with Crippen molar-refractivity contribution in [3.05, 3.63) is 60.7 Å². The second kappa shape index (κ2) is 8.73. The third-order valence-corrected chi connectivity index (χ3v) is 6.62. The maximum absolute atomic E-state index is 4.56. The number of hydrogen-bond donors (Lipinski definition) is 1. The molecule has 0 spiro atoms. The number of rotatable bonds is 7. The van der Waals surface area contributed by atoms with Gasteiger partial charge in [0.15, 0.2) is 0 Å². The third kappa shape index (κ3) is 4.92. The normalized spacial score (nSPS) is 13.3. The quantitative estimate of drug-likeness (QED) is 0.211. The van der Waals surface area contributed by atoms with Crippen LogP contribution in [0.4, 0.5) is 16.5 Å². The molecule has 5 nitrogen and oxygen atoms in total. The van der Waals surface area contributed by atoms with Crippen LogP contribution in [-0.2, 0) is 7.05 Å². The highest BCUT2D eigenvalue weighted by atomic mass is 32.1. The number of benzene rings is 3. The SMILES string of the molecule is CCC(C[N+](C)(C)C)Nc1ccc(N=Nc2sc3c4ccccc4ccc3[n+]2C)cc1. The fraction of sp³-hybridized carbons (Fsp3) is 0.320. The Morgan fingerprint density at radius 1 is 0.968 bits per heavy atom. The number of hydrogen-bond acceptors (Lipinski definition) is 4. The Morgan fingerprint density at radius 2 is 1.71 bits per heavy atom. The minimum absolute atomic E-state index is 0.444. The van der Waals surface area contributed by atoms with Crippen LogP contribution in [0.15, 0.2) is 70.9 Å². The molecule has 0 saturated carbocycles. The van der Waals surface area contributed by atoms with Crippen molar-refractivity contribution in [2.24, 2.45) is 17.3 Å². The number of likely N-dealkylation sites (N-methyl/N-ethyl adjacent to an activating group) is 1. The van der Waals surface area contributed by atoms with Gasteiger partial charge < -0.3 is 9.80 Å². The van der Waals surface area contributed by atoms with Crippen molar-refractivity contribution in [2.45, 2.75) is 19.4 Å². The molecule has 0 aliphatic carbocycles. The minimum Gasteiger partial charge on any atom is -0.377 e.